The number of aromatic hydroxyl groups is 1. The van der Waals surface area contributed by atoms with Gasteiger partial charge in [0, 0.05) is 11.6 Å². The van der Waals surface area contributed by atoms with Crippen LogP contribution in [0.5, 0.6) is 5.88 Å². The van der Waals surface area contributed by atoms with Crippen molar-refractivity contribution in [3.8, 4) is 5.88 Å². The fourth-order valence-corrected chi connectivity index (χ4v) is 1.42. The first-order valence-corrected chi connectivity index (χ1v) is 5.26. The number of imidazole rings is 1. The van der Waals surface area contributed by atoms with Gasteiger partial charge in [-0.25, -0.2) is 4.98 Å². The van der Waals surface area contributed by atoms with Gasteiger partial charge in [-0.2, -0.15) is 0 Å². The molecule has 0 unspecified atom stereocenters. The molecule has 0 saturated heterocycles. The Morgan fingerprint density at radius 2 is 1.82 bits per heavy atom. The van der Waals surface area contributed by atoms with E-state index in [4.69, 9.17) is 5.11 Å². The number of aryl methyl sites for hydroxylation is 1. The first kappa shape index (κ1) is 11.1. The Morgan fingerprint density at radius 3 is 2.41 bits per heavy atom. The van der Waals surface area contributed by atoms with Crippen LogP contribution in [0.1, 0.15) is 5.82 Å². The van der Waals surface area contributed by atoms with Gasteiger partial charge in [0.05, 0.1) is 11.7 Å². The third-order valence-corrected chi connectivity index (χ3v) is 2.20. The number of fused-ring (bicyclic) bond motifs is 1. The SMILES string of the molecule is Cc1ncc(O)[nH]1.c1ccc2ncccc2c1. The standard InChI is InChI=1S/C9H7N.C4H6N2O/c1-2-6-9-8(4-1)5-3-7-10-9;1-3-5-2-4(7)6-3/h1-7H;2,7H,1H3,(H,5,6). The molecule has 2 heterocycles. The summed E-state index contributed by atoms with van der Waals surface area (Å²) >= 11 is 0. The summed E-state index contributed by atoms with van der Waals surface area (Å²) in [6.07, 6.45) is 3.18. The van der Waals surface area contributed by atoms with E-state index in [1.807, 2.05) is 30.5 Å². The molecule has 2 aromatic heterocycles. The Balaban J connectivity index is 0.000000136. The highest BCUT2D eigenvalue weighted by molar-refractivity contribution is 5.77. The van der Waals surface area contributed by atoms with Crippen LogP contribution in [-0.2, 0) is 0 Å². The Labute approximate surface area is 99.0 Å². The van der Waals surface area contributed by atoms with Crippen molar-refractivity contribution in [3.05, 3.63) is 54.6 Å². The summed E-state index contributed by atoms with van der Waals surface area (Å²) in [6, 6.07) is 12.1. The minimum atomic E-state index is 0.123. The van der Waals surface area contributed by atoms with E-state index in [0.717, 1.165) is 11.3 Å². The lowest BCUT2D eigenvalue weighted by atomic mass is 10.2. The largest absolute Gasteiger partial charge is 0.493 e. The molecule has 3 aromatic rings. The Kier molecular flexibility index (Phi) is 3.35. The zero-order valence-corrected chi connectivity index (χ0v) is 9.46. The van der Waals surface area contributed by atoms with Crippen molar-refractivity contribution in [2.75, 3.05) is 0 Å². The highest BCUT2D eigenvalue weighted by atomic mass is 16.3. The molecule has 0 atom stereocenters. The summed E-state index contributed by atoms with van der Waals surface area (Å²) in [6.45, 7) is 1.78. The third-order valence-electron chi connectivity index (χ3n) is 2.20. The van der Waals surface area contributed by atoms with Gasteiger partial charge in [-0.1, -0.05) is 24.3 Å². The predicted molar refractivity (Wildman–Crippen MR) is 66.7 cm³/mol. The summed E-state index contributed by atoms with van der Waals surface area (Å²) in [5, 5.41) is 9.73. The van der Waals surface area contributed by atoms with Gasteiger partial charge < -0.3 is 10.1 Å². The molecule has 0 aliphatic heterocycles. The lowest BCUT2D eigenvalue weighted by Crippen LogP contribution is -1.73. The Bertz CT molecular complexity index is 522. The molecular formula is C13H13N3O. The van der Waals surface area contributed by atoms with E-state index in [-0.39, 0.29) is 5.88 Å². The van der Waals surface area contributed by atoms with E-state index in [1.54, 1.807) is 6.92 Å². The van der Waals surface area contributed by atoms with Gasteiger partial charge in [0.25, 0.3) is 0 Å². The van der Waals surface area contributed by atoms with Crippen LogP contribution >= 0.6 is 0 Å². The van der Waals surface area contributed by atoms with Gasteiger partial charge in [-0.3, -0.25) is 4.98 Å². The van der Waals surface area contributed by atoms with Crippen LogP contribution in [0.2, 0.25) is 0 Å². The van der Waals surface area contributed by atoms with Gasteiger partial charge in [0.15, 0.2) is 0 Å². The fraction of sp³-hybridized carbons (Fsp3) is 0.0769. The molecule has 0 spiro atoms. The van der Waals surface area contributed by atoms with Crippen LogP contribution in [0.15, 0.2) is 48.8 Å². The number of hydrogen-bond donors (Lipinski definition) is 2. The minimum absolute atomic E-state index is 0.123. The van der Waals surface area contributed by atoms with Gasteiger partial charge in [-0.05, 0) is 19.1 Å². The molecule has 1 aromatic carbocycles. The zero-order chi connectivity index (χ0) is 12.1. The lowest BCUT2D eigenvalue weighted by molar-refractivity contribution is 0.456. The second kappa shape index (κ2) is 5.12. The van der Waals surface area contributed by atoms with Crippen molar-refractivity contribution in [1.29, 1.82) is 0 Å². The second-order valence-corrected chi connectivity index (χ2v) is 3.55. The summed E-state index contributed by atoms with van der Waals surface area (Å²) in [7, 11) is 0. The monoisotopic (exact) mass is 227 g/mol. The van der Waals surface area contributed by atoms with E-state index < -0.39 is 0 Å². The highest BCUT2D eigenvalue weighted by Crippen LogP contribution is 2.07. The van der Waals surface area contributed by atoms with Crippen molar-refractivity contribution in [2.45, 2.75) is 6.92 Å². The number of aromatic nitrogens is 3. The molecule has 4 heteroatoms. The van der Waals surface area contributed by atoms with Crippen molar-refractivity contribution in [2.24, 2.45) is 0 Å². The van der Waals surface area contributed by atoms with E-state index in [0.29, 0.717) is 0 Å². The van der Waals surface area contributed by atoms with Crippen molar-refractivity contribution >= 4 is 10.9 Å². The van der Waals surface area contributed by atoms with Crippen LogP contribution < -0.4 is 0 Å². The first-order chi connectivity index (χ1) is 8.25. The van der Waals surface area contributed by atoms with Crippen LogP contribution in [0.4, 0.5) is 0 Å². The maximum Gasteiger partial charge on any atom is 0.208 e. The molecule has 0 bridgehead atoms. The smallest absolute Gasteiger partial charge is 0.208 e. The van der Waals surface area contributed by atoms with Crippen molar-refractivity contribution in [3.63, 3.8) is 0 Å². The highest BCUT2D eigenvalue weighted by Gasteiger charge is 1.87. The molecule has 4 nitrogen and oxygen atoms in total. The maximum absolute atomic E-state index is 8.54. The van der Waals surface area contributed by atoms with Gasteiger partial charge in [0.1, 0.15) is 5.82 Å². The molecule has 0 fully saturated rings. The molecule has 0 amide bonds. The molecule has 2 N–H and O–H groups in total. The molecule has 0 saturated carbocycles. The number of aromatic amines is 1. The number of hydrogen-bond acceptors (Lipinski definition) is 3. The lowest BCUT2D eigenvalue weighted by Gasteiger charge is -1.91. The van der Waals surface area contributed by atoms with Crippen LogP contribution in [0.25, 0.3) is 10.9 Å². The number of nitrogens with one attached hydrogen (secondary N) is 1. The average Bonchev–Trinajstić information content (AvgIpc) is 2.74. The molecular weight excluding hydrogens is 214 g/mol. The number of nitrogens with zero attached hydrogens (tertiary/aromatic N) is 2. The summed E-state index contributed by atoms with van der Waals surface area (Å²) in [4.78, 5) is 10.5. The van der Waals surface area contributed by atoms with Gasteiger partial charge >= 0.3 is 0 Å². The molecule has 3 rings (SSSR count). The fourth-order valence-electron chi connectivity index (χ4n) is 1.42. The summed E-state index contributed by atoms with van der Waals surface area (Å²) in [5.41, 5.74) is 1.06. The van der Waals surface area contributed by atoms with Gasteiger partial charge in [0.2, 0.25) is 5.88 Å². The minimum Gasteiger partial charge on any atom is -0.493 e. The number of pyridine rings is 1. The van der Waals surface area contributed by atoms with E-state index >= 15 is 0 Å². The molecule has 0 radical (unpaired) electrons. The zero-order valence-electron chi connectivity index (χ0n) is 9.46. The van der Waals surface area contributed by atoms with Crippen molar-refractivity contribution in [1.82, 2.24) is 15.0 Å². The molecule has 86 valence electrons. The molecule has 0 aliphatic rings. The van der Waals surface area contributed by atoms with E-state index in [2.05, 4.69) is 27.1 Å². The topological polar surface area (TPSA) is 61.8 Å². The number of benzene rings is 1. The number of H-pyrrole nitrogens is 1. The Hall–Kier alpha value is -2.36. The first-order valence-electron chi connectivity index (χ1n) is 5.26. The second-order valence-electron chi connectivity index (χ2n) is 3.55. The molecule has 0 aliphatic carbocycles. The van der Waals surface area contributed by atoms with Crippen LogP contribution in [0, 0.1) is 6.92 Å². The van der Waals surface area contributed by atoms with E-state index in [1.165, 1.54) is 11.6 Å². The number of rotatable bonds is 0. The predicted octanol–water partition coefficient (Wildman–Crippen LogP) is 2.66. The summed E-state index contributed by atoms with van der Waals surface area (Å²) < 4.78 is 0. The van der Waals surface area contributed by atoms with Crippen LogP contribution in [-0.4, -0.2) is 20.1 Å². The molecule has 17 heavy (non-hydrogen) atoms. The number of para-hydroxylation sites is 1. The van der Waals surface area contributed by atoms with E-state index in [9.17, 15) is 0 Å². The van der Waals surface area contributed by atoms with Crippen LogP contribution in [0.3, 0.4) is 0 Å². The third kappa shape index (κ3) is 3.04. The normalized spacial score (nSPS) is 9.71. The summed E-state index contributed by atoms with van der Waals surface area (Å²) in [5.74, 6) is 0.856. The van der Waals surface area contributed by atoms with Gasteiger partial charge in [-0.15, -0.1) is 0 Å². The average molecular weight is 227 g/mol. The quantitative estimate of drug-likeness (QED) is 0.620. The van der Waals surface area contributed by atoms with Crippen molar-refractivity contribution < 1.29 is 5.11 Å². The Morgan fingerprint density at radius 1 is 1.06 bits per heavy atom. The maximum atomic E-state index is 8.54.